The highest BCUT2D eigenvalue weighted by Crippen LogP contribution is 2.38. The molecule has 2 unspecified atom stereocenters. The van der Waals surface area contributed by atoms with Gasteiger partial charge in [0.05, 0.1) is 18.0 Å². The average molecular weight is 569 g/mol. The molecule has 39 heavy (non-hydrogen) atoms. The van der Waals surface area contributed by atoms with Crippen LogP contribution in [0.2, 0.25) is 0 Å². The molecule has 1 aliphatic rings. The van der Waals surface area contributed by atoms with E-state index in [-0.39, 0.29) is 23.4 Å². The summed E-state index contributed by atoms with van der Waals surface area (Å²) >= 11 is 3.45. The first-order chi connectivity index (χ1) is 18.7. The quantitative estimate of drug-likeness (QED) is 0.213. The highest BCUT2D eigenvalue weighted by molar-refractivity contribution is 7.21. The SMILES string of the molecule is CN(Cc1ccc(-c2cccs2)s1)C(=O)C1CCCC1N(C)Cc1ccc(-c2ccccc2C(F)(F)F)cc1. The van der Waals surface area contributed by atoms with Crippen molar-refractivity contribution in [3.63, 3.8) is 0 Å². The van der Waals surface area contributed by atoms with Crippen molar-refractivity contribution in [3.8, 4) is 20.9 Å². The summed E-state index contributed by atoms with van der Waals surface area (Å²) in [6.45, 7) is 1.23. The molecule has 0 saturated heterocycles. The van der Waals surface area contributed by atoms with Crippen molar-refractivity contribution in [3.05, 3.63) is 94.2 Å². The molecule has 1 amide bonds. The molecule has 0 bridgehead atoms. The largest absolute Gasteiger partial charge is 0.417 e. The van der Waals surface area contributed by atoms with E-state index < -0.39 is 11.7 Å². The lowest BCUT2D eigenvalue weighted by molar-refractivity contribution is -0.137. The number of rotatable bonds is 8. The maximum Gasteiger partial charge on any atom is 0.417 e. The second-order valence-corrected chi connectivity index (χ2v) is 12.3. The van der Waals surface area contributed by atoms with Gasteiger partial charge in [-0.05, 0) is 66.2 Å². The molecule has 2 heterocycles. The Balaban J connectivity index is 1.22. The first-order valence-corrected chi connectivity index (χ1v) is 14.7. The Morgan fingerprint density at radius 1 is 0.897 bits per heavy atom. The van der Waals surface area contributed by atoms with Crippen molar-refractivity contribution in [1.82, 2.24) is 9.80 Å². The van der Waals surface area contributed by atoms with Gasteiger partial charge in [0.15, 0.2) is 0 Å². The third-order valence-corrected chi connectivity index (χ3v) is 9.62. The molecule has 1 fully saturated rings. The van der Waals surface area contributed by atoms with Gasteiger partial charge < -0.3 is 4.90 Å². The monoisotopic (exact) mass is 568 g/mol. The maximum atomic E-state index is 13.5. The van der Waals surface area contributed by atoms with Crippen LogP contribution in [0, 0.1) is 5.92 Å². The summed E-state index contributed by atoms with van der Waals surface area (Å²) in [5.74, 6) is 0.115. The van der Waals surface area contributed by atoms with E-state index in [0.29, 0.717) is 18.7 Å². The predicted octanol–water partition coefficient (Wildman–Crippen LogP) is 8.42. The number of carbonyl (C=O) groups excluding carboxylic acids is 1. The second kappa shape index (κ2) is 11.7. The second-order valence-electron chi connectivity index (χ2n) is 10.2. The maximum absolute atomic E-state index is 13.5. The summed E-state index contributed by atoms with van der Waals surface area (Å²) in [6.07, 6.45) is -1.56. The van der Waals surface area contributed by atoms with Crippen LogP contribution in [0.3, 0.4) is 0 Å². The van der Waals surface area contributed by atoms with Crippen LogP contribution in [-0.2, 0) is 24.1 Å². The molecule has 0 aliphatic heterocycles. The number of benzene rings is 2. The summed E-state index contributed by atoms with van der Waals surface area (Å²) in [7, 11) is 3.93. The number of halogens is 3. The number of amides is 1. The standard InChI is InChI=1S/C31H31F3N2OS2/c1-35(19-21-12-14-22(15-13-21)24-7-3-4-9-26(24)31(32,33)34)27-10-5-8-25(27)30(37)36(2)20-23-16-17-29(39-23)28-11-6-18-38-28/h3-4,6-7,9,11-18,25,27H,5,8,10,19-20H2,1-2H3. The van der Waals surface area contributed by atoms with Crippen LogP contribution in [-0.4, -0.2) is 35.8 Å². The molecule has 5 rings (SSSR count). The zero-order chi connectivity index (χ0) is 27.6. The lowest BCUT2D eigenvalue weighted by Gasteiger charge is -2.31. The van der Waals surface area contributed by atoms with Crippen LogP contribution >= 0.6 is 22.7 Å². The van der Waals surface area contributed by atoms with Gasteiger partial charge in [0.2, 0.25) is 5.91 Å². The van der Waals surface area contributed by atoms with Crippen molar-refractivity contribution >= 4 is 28.6 Å². The third kappa shape index (κ3) is 6.29. The summed E-state index contributed by atoms with van der Waals surface area (Å²) in [4.78, 5) is 21.2. The van der Waals surface area contributed by atoms with Gasteiger partial charge in [0, 0.05) is 34.3 Å². The average Bonchev–Trinajstić information content (AvgIpc) is 3.70. The van der Waals surface area contributed by atoms with Crippen LogP contribution < -0.4 is 0 Å². The molecule has 0 N–H and O–H groups in total. The molecule has 3 nitrogen and oxygen atoms in total. The van der Waals surface area contributed by atoms with E-state index in [1.54, 1.807) is 40.9 Å². The zero-order valence-electron chi connectivity index (χ0n) is 21.9. The number of carbonyl (C=O) groups is 1. The van der Waals surface area contributed by atoms with Crippen molar-refractivity contribution in [2.75, 3.05) is 14.1 Å². The molecule has 2 aromatic heterocycles. The van der Waals surface area contributed by atoms with Crippen LogP contribution in [0.25, 0.3) is 20.9 Å². The lowest BCUT2D eigenvalue weighted by Crippen LogP contribution is -2.42. The number of thiophene rings is 2. The Morgan fingerprint density at radius 3 is 2.38 bits per heavy atom. The molecule has 204 valence electrons. The van der Waals surface area contributed by atoms with E-state index in [1.807, 2.05) is 37.2 Å². The Labute approximate surface area is 235 Å². The van der Waals surface area contributed by atoms with Gasteiger partial charge in [0.1, 0.15) is 0 Å². The number of nitrogens with zero attached hydrogens (tertiary/aromatic N) is 2. The molecule has 0 spiro atoms. The van der Waals surface area contributed by atoms with Crippen LogP contribution in [0.15, 0.2) is 78.2 Å². The van der Waals surface area contributed by atoms with E-state index in [0.717, 1.165) is 30.9 Å². The Morgan fingerprint density at radius 2 is 1.67 bits per heavy atom. The molecule has 2 aromatic carbocycles. The minimum absolute atomic E-state index is 0.0605. The molecule has 2 atom stereocenters. The third-order valence-electron chi connectivity index (χ3n) is 7.49. The first-order valence-electron chi connectivity index (χ1n) is 13.0. The minimum Gasteiger partial charge on any atom is -0.340 e. The highest BCUT2D eigenvalue weighted by Gasteiger charge is 2.37. The fraction of sp³-hybridized carbons (Fsp3) is 0.323. The molecular weight excluding hydrogens is 537 g/mol. The minimum atomic E-state index is -4.40. The van der Waals surface area contributed by atoms with Crippen molar-refractivity contribution in [1.29, 1.82) is 0 Å². The van der Waals surface area contributed by atoms with Crippen molar-refractivity contribution in [2.24, 2.45) is 5.92 Å². The topological polar surface area (TPSA) is 23.6 Å². The van der Waals surface area contributed by atoms with Gasteiger partial charge in [-0.1, -0.05) is 55.0 Å². The zero-order valence-corrected chi connectivity index (χ0v) is 23.6. The Bertz CT molecular complexity index is 1400. The summed E-state index contributed by atoms with van der Waals surface area (Å²) in [5, 5.41) is 2.07. The molecular formula is C31H31F3N2OS2. The van der Waals surface area contributed by atoms with Gasteiger partial charge in [0.25, 0.3) is 0 Å². The van der Waals surface area contributed by atoms with E-state index in [2.05, 4.69) is 28.5 Å². The fourth-order valence-electron chi connectivity index (χ4n) is 5.54. The van der Waals surface area contributed by atoms with E-state index in [9.17, 15) is 18.0 Å². The van der Waals surface area contributed by atoms with E-state index >= 15 is 0 Å². The van der Waals surface area contributed by atoms with E-state index in [4.69, 9.17) is 0 Å². The number of hydrogen-bond acceptors (Lipinski definition) is 4. The van der Waals surface area contributed by atoms with Crippen molar-refractivity contribution in [2.45, 2.75) is 44.6 Å². The molecule has 1 saturated carbocycles. The predicted molar refractivity (Wildman–Crippen MR) is 154 cm³/mol. The van der Waals surface area contributed by atoms with Gasteiger partial charge in [-0.25, -0.2) is 0 Å². The Kier molecular flexibility index (Phi) is 8.26. The van der Waals surface area contributed by atoms with Crippen LogP contribution in [0.4, 0.5) is 13.2 Å². The summed E-state index contributed by atoms with van der Waals surface area (Å²) < 4.78 is 40.4. The molecule has 8 heteroatoms. The lowest BCUT2D eigenvalue weighted by atomic mass is 9.97. The molecule has 1 aliphatic carbocycles. The fourth-order valence-corrected chi connectivity index (χ4v) is 7.44. The first kappa shape index (κ1) is 27.6. The van der Waals surface area contributed by atoms with Gasteiger partial charge in [-0.2, -0.15) is 13.2 Å². The van der Waals surface area contributed by atoms with Gasteiger partial charge >= 0.3 is 6.18 Å². The molecule has 4 aromatic rings. The van der Waals surface area contributed by atoms with E-state index in [1.165, 1.54) is 26.8 Å². The van der Waals surface area contributed by atoms with Gasteiger partial charge in [-0.3, -0.25) is 9.69 Å². The van der Waals surface area contributed by atoms with Crippen molar-refractivity contribution < 1.29 is 18.0 Å². The smallest absolute Gasteiger partial charge is 0.340 e. The number of alkyl halides is 3. The van der Waals surface area contributed by atoms with Crippen LogP contribution in [0.1, 0.15) is 35.3 Å². The summed E-state index contributed by atoms with van der Waals surface area (Å²) in [6, 6.07) is 21.5. The van der Waals surface area contributed by atoms with Gasteiger partial charge in [-0.15, -0.1) is 22.7 Å². The van der Waals surface area contributed by atoms with Crippen LogP contribution in [0.5, 0.6) is 0 Å². The number of hydrogen-bond donors (Lipinski definition) is 0. The highest BCUT2D eigenvalue weighted by atomic mass is 32.1. The molecule has 0 radical (unpaired) electrons. The normalized spacial score (nSPS) is 17.6. The summed E-state index contributed by atoms with van der Waals surface area (Å²) in [5.41, 5.74) is 1.11. The Hall–Kier alpha value is -2.94.